The van der Waals surface area contributed by atoms with Crippen molar-refractivity contribution in [1.82, 2.24) is 0 Å². The second-order valence-corrected chi connectivity index (χ2v) is 4.18. The Kier molecular flexibility index (Phi) is 5.07. The normalized spacial score (nSPS) is 23.8. The second kappa shape index (κ2) is 6.80. The number of halogens is 1. The van der Waals surface area contributed by atoms with Gasteiger partial charge in [-0.05, 0) is 12.1 Å². The highest BCUT2D eigenvalue weighted by atomic mass is 35.5. The summed E-state index contributed by atoms with van der Waals surface area (Å²) in [5, 5.41) is 8.81. The number of phenols is 1. The Morgan fingerprint density at radius 2 is 1.83 bits per heavy atom. The zero-order valence-electron chi connectivity index (χ0n) is 9.75. The van der Waals surface area contributed by atoms with Crippen LogP contribution in [0.1, 0.15) is 0 Å². The lowest BCUT2D eigenvalue weighted by Gasteiger charge is -1.95. The van der Waals surface area contributed by atoms with Gasteiger partial charge in [0, 0.05) is 6.07 Å². The van der Waals surface area contributed by atoms with Crippen molar-refractivity contribution in [3.63, 3.8) is 0 Å². The smallest absolute Gasteiger partial charge is 0.150 e. The van der Waals surface area contributed by atoms with Crippen LogP contribution in [0.25, 0.3) is 0 Å². The Morgan fingerprint density at radius 3 is 2.22 bits per heavy atom. The SMILES string of the molecule is C(OCC1CO1)C1CO1.Oc1cccc(OCl)c1. The van der Waals surface area contributed by atoms with Crippen molar-refractivity contribution in [2.75, 3.05) is 26.4 Å². The van der Waals surface area contributed by atoms with Crippen LogP contribution in [-0.2, 0) is 14.2 Å². The third kappa shape index (κ3) is 5.55. The van der Waals surface area contributed by atoms with Crippen molar-refractivity contribution < 1.29 is 23.6 Å². The van der Waals surface area contributed by atoms with Gasteiger partial charge in [-0.1, -0.05) is 6.07 Å². The lowest BCUT2D eigenvalue weighted by molar-refractivity contribution is 0.102. The van der Waals surface area contributed by atoms with E-state index < -0.39 is 0 Å². The second-order valence-electron chi connectivity index (χ2n) is 4.02. The van der Waals surface area contributed by atoms with Crippen LogP contribution in [0.3, 0.4) is 0 Å². The summed E-state index contributed by atoms with van der Waals surface area (Å²) in [6, 6.07) is 6.26. The molecule has 3 rings (SSSR count). The number of aromatic hydroxyl groups is 1. The largest absolute Gasteiger partial charge is 0.508 e. The molecule has 0 aromatic heterocycles. The predicted octanol–water partition coefficient (Wildman–Crippen LogP) is 1.73. The first-order valence-corrected chi connectivity index (χ1v) is 5.97. The van der Waals surface area contributed by atoms with E-state index in [-0.39, 0.29) is 5.75 Å². The molecule has 2 saturated heterocycles. The van der Waals surface area contributed by atoms with Gasteiger partial charge >= 0.3 is 0 Å². The average Bonchev–Trinajstić information content (AvgIpc) is 3.24. The summed E-state index contributed by atoms with van der Waals surface area (Å²) in [5.74, 6) is 0.588. The first-order chi connectivity index (χ1) is 8.78. The number of hydrogen-bond donors (Lipinski definition) is 1. The molecule has 0 radical (unpaired) electrons. The maximum atomic E-state index is 8.81. The van der Waals surface area contributed by atoms with Gasteiger partial charge in [0.05, 0.1) is 26.4 Å². The number of epoxide rings is 2. The topological polar surface area (TPSA) is 63.8 Å². The molecule has 0 aliphatic carbocycles. The fourth-order valence-corrected chi connectivity index (χ4v) is 1.29. The highest BCUT2D eigenvalue weighted by molar-refractivity contribution is 6.09. The molecule has 1 aromatic carbocycles. The van der Waals surface area contributed by atoms with Gasteiger partial charge in [0.2, 0.25) is 0 Å². The van der Waals surface area contributed by atoms with Gasteiger partial charge in [0.1, 0.15) is 35.6 Å². The van der Waals surface area contributed by atoms with Crippen molar-refractivity contribution in [2.45, 2.75) is 12.2 Å². The van der Waals surface area contributed by atoms with Gasteiger partial charge in [0.15, 0.2) is 0 Å². The van der Waals surface area contributed by atoms with Crippen LogP contribution in [0.4, 0.5) is 0 Å². The van der Waals surface area contributed by atoms with Crippen molar-refractivity contribution in [1.29, 1.82) is 0 Å². The van der Waals surface area contributed by atoms with Gasteiger partial charge in [-0.15, -0.1) is 0 Å². The molecule has 100 valence electrons. The predicted molar refractivity (Wildman–Crippen MR) is 64.9 cm³/mol. The number of rotatable bonds is 5. The number of benzene rings is 1. The molecule has 1 N–H and O–H groups in total. The molecule has 2 aliphatic heterocycles. The summed E-state index contributed by atoms with van der Waals surface area (Å²) in [6.07, 6.45) is 0.785. The van der Waals surface area contributed by atoms with Crippen LogP contribution in [0.5, 0.6) is 11.5 Å². The minimum Gasteiger partial charge on any atom is -0.508 e. The van der Waals surface area contributed by atoms with E-state index in [0.717, 1.165) is 26.4 Å². The first-order valence-electron chi connectivity index (χ1n) is 5.66. The average molecular weight is 275 g/mol. The lowest BCUT2D eigenvalue weighted by Crippen LogP contribution is -2.06. The monoisotopic (exact) mass is 274 g/mol. The standard InChI is InChI=1S/C6H5ClO2.C6H10O3/c7-9-6-3-1-2-5(8)4-6;1(5-3-8-5)7-2-6-4-9-6/h1-4,8H;5-6H,1-4H2. The number of ether oxygens (including phenoxy) is 3. The third-order valence-corrected chi connectivity index (χ3v) is 2.50. The maximum Gasteiger partial charge on any atom is 0.150 e. The summed E-state index contributed by atoms with van der Waals surface area (Å²) in [7, 11) is 0. The van der Waals surface area contributed by atoms with Crippen molar-refractivity contribution in [3.8, 4) is 11.5 Å². The first kappa shape index (κ1) is 13.4. The van der Waals surface area contributed by atoms with Crippen LogP contribution in [0, 0.1) is 0 Å². The molecule has 2 heterocycles. The summed E-state index contributed by atoms with van der Waals surface area (Å²) >= 11 is 4.99. The summed E-state index contributed by atoms with van der Waals surface area (Å²) in [5.41, 5.74) is 0. The fourth-order valence-electron chi connectivity index (χ4n) is 1.19. The molecule has 6 heteroatoms. The number of hydrogen-bond acceptors (Lipinski definition) is 5. The van der Waals surface area contributed by atoms with Crippen molar-refractivity contribution in [3.05, 3.63) is 24.3 Å². The fraction of sp³-hybridized carbons (Fsp3) is 0.500. The summed E-state index contributed by atoms with van der Waals surface area (Å²) < 4.78 is 19.4. The Bertz CT molecular complexity index is 353. The Morgan fingerprint density at radius 1 is 1.22 bits per heavy atom. The van der Waals surface area contributed by atoms with E-state index >= 15 is 0 Å². The van der Waals surface area contributed by atoms with E-state index in [1.807, 2.05) is 0 Å². The van der Waals surface area contributed by atoms with Crippen molar-refractivity contribution in [2.24, 2.45) is 0 Å². The molecule has 2 aliphatic rings. The molecule has 2 fully saturated rings. The van der Waals surface area contributed by atoms with Gasteiger partial charge in [-0.3, -0.25) is 0 Å². The van der Waals surface area contributed by atoms with Gasteiger partial charge < -0.3 is 23.6 Å². The minimum atomic E-state index is 0.146. The molecular formula is C12H15ClO5. The van der Waals surface area contributed by atoms with Crippen LogP contribution in [-0.4, -0.2) is 43.7 Å². The highest BCUT2D eigenvalue weighted by Crippen LogP contribution is 2.18. The zero-order valence-corrected chi connectivity index (χ0v) is 10.5. The number of phenolic OH excluding ortho intramolecular Hbond substituents is 1. The highest BCUT2D eigenvalue weighted by Gasteiger charge is 2.26. The van der Waals surface area contributed by atoms with Gasteiger partial charge in [-0.2, -0.15) is 0 Å². The third-order valence-electron chi connectivity index (χ3n) is 2.32. The molecule has 0 bridgehead atoms. The quantitative estimate of drug-likeness (QED) is 0.829. The molecule has 0 amide bonds. The zero-order chi connectivity index (χ0) is 12.8. The molecule has 0 saturated carbocycles. The molecule has 5 nitrogen and oxygen atoms in total. The van der Waals surface area contributed by atoms with E-state index in [4.69, 9.17) is 31.2 Å². The van der Waals surface area contributed by atoms with Gasteiger partial charge in [-0.25, -0.2) is 0 Å². The molecule has 2 unspecified atom stereocenters. The Balaban J connectivity index is 0.000000134. The van der Waals surface area contributed by atoms with E-state index in [1.165, 1.54) is 6.07 Å². The van der Waals surface area contributed by atoms with E-state index in [1.54, 1.807) is 18.2 Å². The minimum absolute atomic E-state index is 0.146. The van der Waals surface area contributed by atoms with E-state index in [2.05, 4.69) is 4.29 Å². The van der Waals surface area contributed by atoms with E-state index in [9.17, 15) is 0 Å². The Hall–Kier alpha value is -1.01. The van der Waals surface area contributed by atoms with Crippen molar-refractivity contribution >= 4 is 11.9 Å². The molecule has 1 aromatic rings. The summed E-state index contributed by atoms with van der Waals surface area (Å²) in [6.45, 7) is 3.26. The van der Waals surface area contributed by atoms with Gasteiger partial charge in [0.25, 0.3) is 0 Å². The summed E-state index contributed by atoms with van der Waals surface area (Å²) in [4.78, 5) is 0. The van der Waals surface area contributed by atoms with E-state index in [0.29, 0.717) is 18.0 Å². The maximum absolute atomic E-state index is 8.81. The van der Waals surface area contributed by atoms with Crippen LogP contribution < -0.4 is 4.29 Å². The molecule has 0 spiro atoms. The van der Waals surface area contributed by atoms with Crippen LogP contribution in [0.15, 0.2) is 24.3 Å². The molecule has 18 heavy (non-hydrogen) atoms. The lowest BCUT2D eigenvalue weighted by atomic mass is 10.3. The molecule has 2 atom stereocenters. The molecular weight excluding hydrogens is 260 g/mol. The van der Waals surface area contributed by atoms with Crippen LogP contribution >= 0.6 is 11.9 Å². The Labute approximate surface area is 110 Å². The van der Waals surface area contributed by atoms with Crippen LogP contribution in [0.2, 0.25) is 0 Å².